The molecule has 102 valence electrons. The highest BCUT2D eigenvalue weighted by Gasteiger charge is 2.21. The van der Waals surface area contributed by atoms with Gasteiger partial charge in [0.05, 0.1) is 12.7 Å². The Morgan fingerprint density at radius 3 is 2.90 bits per heavy atom. The van der Waals surface area contributed by atoms with Crippen molar-refractivity contribution in [2.75, 3.05) is 18.6 Å². The number of esters is 1. The molecular weight excluding hydrogens is 252 g/mol. The number of aromatic nitrogens is 1. The van der Waals surface area contributed by atoms with Crippen LogP contribution in [0.15, 0.2) is 36.5 Å². The van der Waals surface area contributed by atoms with Gasteiger partial charge in [0.15, 0.2) is 0 Å². The molecule has 0 spiro atoms. The van der Waals surface area contributed by atoms with Gasteiger partial charge in [-0.3, -0.25) is 0 Å². The van der Waals surface area contributed by atoms with Crippen molar-refractivity contribution < 1.29 is 9.53 Å². The number of aryl methyl sites for hydroxylation is 1. The van der Waals surface area contributed by atoms with E-state index in [4.69, 9.17) is 4.74 Å². The average molecular weight is 268 g/mol. The first kappa shape index (κ1) is 12.7. The zero-order valence-electron chi connectivity index (χ0n) is 11.6. The highest BCUT2D eigenvalue weighted by molar-refractivity contribution is 5.91. The number of para-hydroxylation sites is 1. The second-order valence-electron chi connectivity index (χ2n) is 4.88. The van der Waals surface area contributed by atoms with Crippen LogP contribution in [0.1, 0.15) is 21.5 Å². The lowest BCUT2D eigenvalue weighted by Crippen LogP contribution is -2.16. The molecule has 1 aromatic heterocycles. The molecular formula is C16H16N2O2. The first-order valence-corrected chi connectivity index (χ1v) is 6.61. The van der Waals surface area contributed by atoms with Gasteiger partial charge in [-0.05, 0) is 36.6 Å². The third kappa shape index (κ3) is 2.03. The number of carbonyl (C=O) groups excluding carboxylic acids is 1. The molecule has 3 rings (SSSR count). The Morgan fingerprint density at radius 1 is 1.35 bits per heavy atom. The summed E-state index contributed by atoms with van der Waals surface area (Å²) in [5, 5.41) is 0. The summed E-state index contributed by atoms with van der Waals surface area (Å²) in [7, 11) is 1.38. The minimum atomic E-state index is -0.344. The van der Waals surface area contributed by atoms with E-state index in [2.05, 4.69) is 28.1 Å². The fraction of sp³-hybridized carbons (Fsp3) is 0.250. The third-order valence-corrected chi connectivity index (χ3v) is 3.67. The van der Waals surface area contributed by atoms with Gasteiger partial charge in [0.25, 0.3) is 0 Å². The molecule has 0 atom stereocenters. The molecule has 2 heterocycles. The molecule has 2 aromatic rings. The van der Waals surface area contributed by atoms with Crippen LogP contribution in [0.25, 0.3) is 0 Å². The SMILES string of the molecule is COC(=O)c1cnc(N2CCc3ccccc32)cc1C. The molecule has 4 nitrogen and oxygen atoms in total. The number of pyridine rings is 1. The number of benzene rings is 1. The van der Waals surface area contributed by atoms with E-state index in [-0.39, 0.29) is 5.97 Å². The van der Waals surface area contributed by atoms with Gasteiger partial charge in [-0.25, -0.2) is 9.78 Å². The van der Waals surface area contributed by atoms with E-state index in [0.29, 0.717) is 5.56 Å². The second-order valence-corrected chi connectivity index (χ2v) is 4.88. The van der Waals surface area contributed by atoms with Crippen LogP contribution in [-0.2, 0) is 11.2 Å². The Kier molecular flexibility index (Phi) is 3.14. The number of ether oxygens (including phenoxy) is 1. The third-order valence-electron chi connectivity index (χ3n) is 3.67. The number of fused-ring (bicyclic) bond motifs is 1. The lowest BCUT2D eigenvalue weighted by atomic mass is 10.1. The summed E-state index contributed by atoms with van der Waals surface area (Å²) in [4.78, 5) is 18.2. The van der Waals surface area contributed by atoms with Gasteiger partial charge in [0.1, 0.15) is 5.82 Å². The summed E-state index contributed by atoms with van der Waals surface area (Å²) in [6.07, 6.45) is 2.62. The van der Waals surface area contributed by atoms with Gasteiger partial charge in [-0.2, -0.15) is 0 Å². The van der Waals surface area contributed by atoms with Crippen molar-refractivity contribution in [3.05, 3.63) is 53.2 Å². The molecule has 0 unspecified atom stereocenters. The minimum Gasteiger partial charge on any atom is -0.465 e. The van der Waals surface area contributed by atoms with Crippen molar-refractivity contribution in [1.82, 2.24) is 4.98 Å². The monoisotopic (exact) mass is 268 g/mol. The molecule has 1 aromatic carbocycles. The minimum absolute atomic E-state index is 0.344. The molecule has 0 amide bonds. The van der Waals surface area contributed by atoms with E-state index in [0.717, 1.165) is 24.3 Å². The number of methoxy groups -OCH3 is 1. The van der Waals surface area contributed by atoms with E-state index in [1.54, 1.807) is 6.20 Å². The number of nitrogens with zero attached hydrogens (tertiary/aromatic N) is 2. The average Bonchev–Trinajstić information content (AvgIpc) is 2.90. The van der Waals surface area contributed by atoms with Crippen LogP contribution < -0.4 is 4.90 Å². The van der Waals surface area contributed by atoms with E-state index >= 15 is 0 Å². The van der Waals surface area contributed by atoms with E-state index in [9.17, 15) is 4.79 Å². The summed E-state index contributed by atoms with van der Waals surface area (Å²) in [6.45, 7) is 2.82. The molecule has 4 heteroatoms. The van der Waals surface area contributed by atoms with Crippen molar-refractivity contribution >= 4 is 17.5 Å². The zero-order chi connectivity index (χ0) is 14.1. The first-order chi connectivity index (χ1) is 9.70. The van der Waals surface area contributed by atoms with Gasteiger partial charge in [0.2, 0.25) is 0 Å². The Bertz CT molecular complexity index is 667. The largest absolute Gasteiger partial charge is 0.465 e. The van der Waals surface area contributed by atoms with Crippen LogP contribution in [0, 0.1) is 6.92 Å². The van der Waals surface area contributed by atoms with Crippen molar-refractivity contribution in [1.29, 1.82) is 0 Å². The van der Waals surface area contributed by atoms with Crippen LogP contribution in [0.2, 0.25) is 0 Å². The lowest BCUT2D eigenvalue weighted by molar-refractivity contribution is 0.0599. The molecule has 0 N–H and O–H groups in total. The summed E-state index contributed by atoms with van der Waals surface area (Å²) in [5.74, 6) is 0.531. The maximum Gasteiger partial charge on any atom is 0.339 e. The summed E-state index contributed by atoms with van der Waals surface area (Å²) in [6, 6.07) is 10.3. The van der Waals surface area contributed by atoms with Gasteiger partial charge in [-0.15, -0.1) is 0 Å². The van der Waals surface area contributed by atoms with Crippen LogP contribution in [0.3, 0.4) is 0 Å². The number of rotatable bonds is 2. The van der Waals surface area contributed by atoms with Crippen LogP contribution in [-0.4, -0.2) is 24.6 Å². The molecule has 20 heavy (non-hydrogen) atoms. The highest BCUT2D eigenvalue weighted by atomic mass is 16.5. The van der Waals surface area contributed by atoms with Crippen LogP contribution in [0.5, 0.6) is 0 Å². The van der Waals surface area contributed by atoms with Gasteiger partial charge in [0, 0.05) is 18.4 Å². The van der Waals surface area contributed by atoms with Crippen molar-refractivity contribution in [2.45, 2.75) is 13.3 Å². The molecule has 0 fully saturated rings. The van der Waals surface area contributed by atoms with Crippen LogP contribution >= 0.6 is 0 Å². The summed E-state index contributed by atoms with van der Waals surface area (Å²) in [5.41, 5.74) is 3.93. The van der Waals surface area contributed by atoms with Crippen molar-refractivity contribution in [2.24, 2.45) is 0 Å². The zero-order valence-corrected chi connectivity index (χ0v) is 11.6. The fourth-order valence-electron chi connectivity index (χ4n) is 2.59. The number of anilines is 2. The molecule has 0 saturated carbocycles. The molecule has 0 aliphatic carbocycles. The van der Waals surface area contributed by atoms with Gasteiger partial charge >= 0.3 is 5.97 Å². The summed E-state index contributed by atoms with van der Waals surface area (Å²) < 4.78 is 4.75. The normalized spacial score (nSPS) is 13.2. The lowest BCUT2D eigenvalue weighted by Gasteiger charge is -2.19. The van der Waals surface area contributed by atoms with Gasteiger partial charge < -0.3 is 9.64 Å². The van der Waals surface area contributed by atoms with Crippen molar-refractivity contribution in [3.8, 4) is 0 Å². The molecule has 1 aliphatic rings. The van der Waals surface area contributed by atoms with Crippen molar-refractivity contribution in [3.63, 3.8) is 0 Å². The number of carbonyl (C=O) groups is 1. The van der Waals surface area contributed by atoms with Gasteiger partial charge in [-0.1, -0.05) is 18.2 Å². The highest BCUT2D eigenvalue weighted by Crippen LogP contribution is 2.33. The Morgan fingerprint density at radius 2 is 2.15 bits per heavy atom. The molecule has 0 bridgehead atoms. The fourth-order valence-corrected chi connectivity index (χ4v) is 2.59. The maximum atomic E-state index is 11.6. The molecule has 0 radical (unpaired) electrons. The quantitative estimate of drug-likeness (QED) is 0.785. The topological polar surface area (TPSA) is 42.4 Å². The second kappa shape index (κ2) is 4.96. The summed E-state index contributed by atoms with van der Waals surface area (Å²) >= 11 is 0. The van der Waals surface area contributed by atoms with E-state index < -0.39 is 0 Å². The molecule has 1 aliphatic heterocycles. The first-order valence-electron chi connectivity index (χ1n) is 6.61. The number of hydrogen-bond acceptors (Lipinski definition) is 4. The van der Waals surface area contributed by atoms with E-state index in [1.807, 2.05) is 19.1 Å². The van der Waals surface area contributed by atoms with E-state index in [1.165, 1.54) is 18.4 Å². The Hall–Kier alpha value is -2.36. The predicted molar refractivity (Wildman–Crippen MR) is 77.5 cm³/mol. The Balaban J connectivity index is 1.97. The Labute approximate surface area is 118 Å². The molecule has 0 saturated heterocycles. The maximum absolute atomic E-state index is 11.6. The number of hydrogen-bond donors (Lipinski definition) is 0. The standard InChI is InChI=1S/C16H16N2O2/c1-11-9-15(17-10-13(11)16(19)20-2)18-8-7-12-5-3-4-6-14(12)18/h3-6,9-10H,7-8H2,1-2H3. The predicted octanol–water partition coefficient (Wildman–Crippen LogP) is 2.87. The smallest absolute Gasteiger partial charge is 0.339 e. The van der Waals surface area contributed by atoms with Crippen LogP contribution in [0.4, 0.5) is 11.5 Å².